The Bertz CT molecular complexity index is 2620. The summed E-state index contributed by atoms with van der Waals surface area (Å²) >= 11 is 0. The van der Waals surface area contributed by atoms with Gasteiger partial charge in [-0.25, -0.2) is 9.97 Å². The molecule has 0 spiro atoms. The SMILES string of the molecule is c1ccc(-c2nc(-c3ccc(-n4c5ccccc5c5c6c(ccc54)-c4cccc5cccc-6c45)cc3)nc3ccccc23)cc1. The van der Waals surface area contributed by atoms with Crippen LogP contribution in [0.2, 0.25) is 0 Å². The minimum absolute atomic E-state index is 0.727. The summed E-state index contributed by atoms with van der Waals surface area (Å²) in [4.78, 5) is 10.1. The Labute approximate surface area is 259 Å². The van der Waals surface area contributed by atoms with E-state index in [-0.39, 0.29) is 0 Å². The van der Waals surface area contributed by atoms with Gasteiger partial charge < -0.3 is 4.57 Å². The van der Waals surface area contributed by atoms with Crippen molar-refractivity contribution in [1.82, 2.24) is 14.5 Å². The molecule has 1 aliphatic rings. The lowest BCUT2D eigenvalue weighted by Crippen LogP contribution is -1.97. The van der Waals surface area contributed by atoms with Crippen molar-refractivity contribution >= 4 is 43.5 Å². The maximum atomic E-state index is 5.09. The van der Waals surface area contributed by atoms with E-state index < -0.39 is 0 Å². The van der Waals surface area contributed by atoms with Crippen molar-refractivity contribution in [3.8, 4) is 50.6 Å². The minimum atomic E-state index is 0.727. The van der Waals surface area contributed by atoms with Crippen LogP contribution in [-0.2, 0) is 0 Å². The van der Waals surface area contributed by atoms with Gasteiger partial charge in [0.25, 0.3) is 0 Å². The van der Waals surface area contributed by atoms with Crippen LogP contribution in [0.3, 0.4) is 0 Å². The quantitative estimate of drug-likeness (QED) is 0.211. The summed E-state index contributed by atoms with van der Waals surface area (Å²) in [5.41, 5.74) is 12.8. The van der Waals surface area contributed by atoms with E-state index >= 15 is 0 Å². The van der Waals surface area contributed by atoms with Gasteiger partial charge in [0.1, 0.15) is 0 Å². The van der Waals surface area contributed by atoms with Crippen LogP contribution in [-0.4, -0.2) is 14.5 Å². The smallest absolute Gasteiger partial charge is 0.160 e. The molecule has 1 aliphatic carbocycles. The molecule has 0 N–H and O–H groups in total. The minimum Gasteiger partial charge on any atom is -0.309 e. The zero-order valence-corrected chi connectivity index (χ0v) is 24.3. The molecule has 9 aromatic rings. The van der Waals surface area contributed by atoms with Crippen molar-refractivity contribution in [2.24, 2.45) is 0 Å². The summed E-state index contributed by atoms with van der Waals surface area (Å²) in [7, 11) is 0. The van der Waals surface area contributed by atoms with Crippen LogP contribution < -0.4 is 0 Å². The zero-order valence-electron chi connectivity index (χ0n) is 24.3. The van der Waals surface area contributed by atoms with Gasteiger partial charge in [0.05, 0.1) is 22.2 Å². The number of aromatic nitrogens is 3. The first-order valence-electron chi connectivity index (χ1n) is 15.4. The van der Waals surface area contributed by atoms with Gasteiger partial charge >= 0.3 is 0 Å². The van der Waals surface area contributed by atoms with E-state index in [0.29, 0.717) is 0 Å². The number of rotatable bonds is 3. The maximum absolute atomic E-state index is 5.09. The third-order valence-corrected chi connectivity index (χ3v) is 9.34. The Balaban J connectivity index is 1.16. The zero-order chi connectivity index (χ0) is 29.5. The standard InChI is InChI=1S/C42H25N3/c1-2-10-27(11-3-1)41-32-14-4-6-18-35(32)43-42(44-41)28-20-22-29(23-21-28)45-36-19-7-5-15-33(36)40-37(45)25-24-31-30-16-8-12-26-13-9-17-34(38(26)30)39(31)40/h1-25H. The fourth-order valence-electron chi connectivity index (χ4n) is 7.40. The molecule has 0 bridgehead atoms. The van der Waals surface area contributed by atoms with Crippen LogP contribution in [0, 0.1) is 0 Å². The van der Waals surface area contributed by atoms with Gasteiger partial charge in [0.15, 0.2) is 5.82 Å². The highest BCUT2D eigenvalue weighted by atomic mass is 15.0. The molecule has 0 saturated carbocycles. The van der Waals surface area contributed by atoms with Gasteiger partial charge in [-0.2, -0.15) is 0 Å². The molecule has 0 amide bonds. The molecule has 0 aliphatic heterocycles. The molecule has 208 valence electrons. The molecule has 2 aromatic heterocycles. The topological polar surface area (TPSA) is 30.7 Å². The van der Waals surface area contributed by atoms with E-state index in [1.807, 2.05) is 18.2 Å². The predicted octanol–water partition coefficient (Wildman–Crippen LogP) is 10.9. The molecule has 7 aromatic carbocycles. The average molecular weight is 572 g/mol. The summed E-state index contributed by atoms with van der Waals surface area (Å²) in [6, 6.07) is 54.1. The largest absolute Gasteiger partial charge is 0.309 e. The van der Waals surface area contributed by atoms with E-state index in [0.717, 1.165) is 39.2 Å². The lowest BCUT2D eigenvalue weighted by Gasteiger charge is -2.11. The van der Waals surface area contributed by atoms with Crippen molar-refractivity contribution in [3.63, 3.8) is 0 Å². The van der Waals surface area contributed by atoms with Crippen LogP contribution in [0.1, 0.15) is 0 Å². The lowest BCUT2D eigenvalue weighted by molar-refractivity contribution is 1.17. The lowest BCUT2D eigenvalue weighted by atomic mass is 9.98. The second kappa shape index (κ2) is 9.22. The molecule has 0 saturated heterocycles. The Hall–Kier alpha value is -6.06. The van der Waals surface area contributed by atoms with E-state index in [1.165, 1.54) is 54.8 Å². The summed E-state index contributed by atoms with van der Waals surface area (Å²) in [6.07, 6.45) is 0. The molecule has 0 radical (unpaired) electrons. The molecule has 3 heteroatoms. The highest BCUT2D eigenvalue weighted by molar-refractivity contribution is 6.26. The van der Waals surface area contributed by atoms with E-state index in [9.17, 15) is 0 Å². The Morgan fingerprint density at radius 1 is 0.422 bits per heavy atom. The first-order valence-corrected chi connectivity index (χ1v) is 15.4. The van der Waals surface area contributed by atoms with Crippen LogP contribution >= 0.6 is 0 Å². The fourth-order valence-corrected chi connectivity index (χ4v) is 7.40. The molecule has 0 atom stereocenters. The number of hydrogen-bond donors (Lipinski definition) is 0. The summed E-state index contributed by atoms with van der Waals surface area (Å²) < 4.78 is 2.40. The van der Waals surface area contributed by atoms with Crippen LogP contribution in [0.15, 0.2) is 152 Å². The third kappa shape index (κ3) is 3.46. The molecule has 0 fully saturated rings. The van der Waals surface area contributed by atoms with Gasteiger partial charge in [0.2, 0.25) is 0 Å². The number of para-hydroxylation sites is 2. The molecular formula is C42H25N3. The molecule has 45 heavy (non-hydrogen) atoms. The number of benzene rings is 7. The van der Waals surface area contributed by atoms with E-state index in [4.69, 9.17) is 9.97 Å². The third-order valence-electron chi connectivity index (χ3n) is 9.34. The van der Waals surface area contributed by atoms with Crippen molar-refractivity contribution < 1.29 is 0 Å². The van der Waals surface area contributed by atoms with E-state index in [1.54, 1.807) is 0 Å². The Kier molecular flexibility index (Phi) is 5.00. The highest BCUT2D eigenvalue weighted by Crippen LogP contribution is 2.52. The molecule has 10 rings (SSSR count). The molecule has 0 unspecified atom stereocenters. The molecular weight excluding hydrogens is 546 g/mol. The van der Waals surface area contributed by atoms with Crippen molar-refractivity contribution in [2.75, 3.05) is 0 Å². The van der Waals surface area contributed by atoms with Crippen molar-refractivity contribution in [2.45, 2.75) is 0 Å². The first-order chi connectivity index (χ1) is 22.3. The second-order valence-corrected chi connectivity index (χ2v) is 11.8. The van der Waals surface area contributed by atoms with Gasteiger partial charge in [-0.15, -0.1) is 0 Å². The number of hydrogen-bond acceptors (Lipinski definition) is 2. The molecule has 2 heterocycles. The van der Waals surface area contributed by atoms with E-state index in [2.05, 4.69) is 138 Å². The van der Waals surface area contributed by atoms with Gasteiger partial charge in [-0.05, 0) is 69.9 Å². The highest BCUT2D eigenvalue weighted by Gasteiger charge is 2.26. The van der Waals surface area contributed by atoms with Crippen LogP contribution in [0.5, 0.6) is 0 Å². The molecule has 3 nitrogen and oxygen atoms in total. The normalized spacial score (nSPS) is 12.0. The Morgan fingerprint density at radius 3 is 2.00 bits per heavy atom. The average Bonchev–Trinajstić information content (AvgIpc) is 3.62. The van der Waals surface area contributed by atoms with Gasteiger partial charge in [-0.1, -0.05) is 109 Å². The summed E-state index contributed by atoms with van der Waals surface area (Å²) in [5.74, 6) is 0.727. The first kappa shape index (κ1) is 24.4. The summed E-state index contributed by atoms with van der Waals surface area (Å²) in [5, 5.41) is 6.28. The van der Waals surface area contributed by atoms with Gasteiger partial charge in [0, 0.05) is 38.5 Å². The Morgan fingerprint density at radius 2 is 1.16 bits per heavy atom. The second-order valence-electron chi connectivity index (χ2n) is 11.8. The van der Waals surface area contributed by atoms with Gasteiger partial charge in [-0.3, -0.25) is 0 Å². The van der Waals surface area contributed by atoms with Crippen LogP contribution in [0.25, 0.3) is 94.1 Å². The monoisotopic (exact) mass is 571 g/mol. The predicted molar refractivity (Wildman–Crippen MR) is 187 cm³/mol. The van der Waals surface area contributed by atoms with Crippen molar-refractivity contribution in [1.29, 1.82) is 0 Å². The summed E-state index contributed by atoms with van der Waals surface area (Å²) in [6.45, 7) is 0. The number of fused-ring (bicyclic) bond motifs is 8. The van der Waals surface area contributed by atoms with Crippen LogP contribution in [0.4, 0.5) is 0 Å². The van der Waals surface area contributed by atoms with Crippen molar-refractivity contribution in [3.05, 3.63) is 152 Å². The fraction of sp³-hybridized carbons (Fsp3) is 0. The maximum Gasteiger partial charge on any atom is 0.160 e. The number of nitrogens with zero attached hydrogens (tertiary/aromatic N) is 3.